The summed E-state index contributed by atoms with van der Waals surface area (Å²) in [4.78, 5) is 35.4. The summed E-state index contributed by atoms with van der Waals surface area (Å²) in [6.45, 7) is 8.87. The maximum absolute atomic E-state index is 12.1. The zero-order valence-electron chi connectivity index (χ0n) is 15.6. The first-order valence-electron chi connectivity index (χ1n) is 8.16. The Morgan fingerprint density at radius 1 is 1.08 bits per heavy atom. The fourth-order valence-electron chi connectivity index (χ4n) is 1.77. The largest absolute Gasteiger partial charge is 0.461 e. The summed E-state index contributed by atoms with van der Waals surface area (Å²) in [5.74, 6) is -1.01. The Hall–Kier alpha value is -3.03. The molecule has 8 heteroatoms. The monoisotopic (exact) mass is 363 g/mol. The van der Waals surface area contributed by atoms with Crippen molar-refractivity contribution in [3.05, 3.63) is 41.6 Å². The van der Waals surface area contributed by atoms with Crippen LogP contribution in [0.3, 0.4) is 0 Å². The fraction of sp³-hybridized carbons (Fsp3) is 0.389. The maximum atomic E-state index is 12.1. The van der Waals surface area contributed by atoms with E-state index in [1.54, 1.807) is 46.8 Å². The molecule has 142 valence electrons. The van der Waals surface area contributed by atoms with Gasteiger partial charge in [-0.05, 0) is 58.9 Å². The van der Waals surface area contributed by atoms with E-state index in [-0.39, 0.29) is 12.3 Å². The quantitative estimate of drug-likeness (QED) is 0.408. The second kappa shape index (κ2) is 9.45. The van der Waals surface area contributed by atoms with Crippen LogP contribution < -0.4 is 16.2 Å². The molecule has 0 heterocycles. The number of hydrogen-bond donors (Lipinski definition) is 3. The van der Waals surface area contributed by atoms with Crippen LogP contribution in [0, 0.1) is 0 Å². The number of carbonyl (C=O) groups excluding carboxylic acids is 3. The van der Waals surface area contributed by atoms with E-state index in [9.17, 15) is 14.4 Å². The Morgan fingerprint density at radius 2 is 1.69 bits per heavy atom. The van der Waals surface area contributed by atoms with Gasteiger partial charge in [-0.1, -0.05) is 6.08 Å². The summed E-state index contributed by atoms with van der Waals surface area (Å²) in [5.41, 5.74) is 5.29. The van der Waals surface area contributed by atoms with Crippen LogP contribution in [0.4, 0.5) is 10.5 Å². The number of hydrogen-bond acceptors (Lipinski definition) is 6. The van der Waals surface area contributed by atoms with Crippen molar-refractivity contribution in [3.63, 3.8) is 0 Å². The number of hydrazine groups is 1. The topological polar surface area (TPSA) is 106 Å². The Balaban J connectivity index is 2.61. The molecular weight excluding hydrogens is 338 g/mol. The highest BCUT2D eigenvalue weighted by molar-refractivity contribution is 5.95. The lowest BCUT2D eigenvalue weighted by atomic mass is 10.2. The van der Waals surface area contributed by atoms with Crippen molar-refractivity contribution < 1.29 is 23.9 Å². The number of ether oxygens (including phenoxy) is 2. The van der Waals surface area contributed by atoms with Crippen LogP contribution in [-0.2, 0) is 14.3 Å². The molecule has 3 N–H and O–H groups in total. The number of nitrogens with one attached hydrogen (secondary N) is 3. The lowest BCUT2D eigenvalue weighted by molar-refractivity contribution is -0.139. The van der Waals surface area contributed by atoms with Gasteiger partial charge in [-0.15, -0.1) is 0 Å². The van der Waals surface area contributed by atoms with E-state index in [1.165, 1.54) is 18.2 Å². The van der Waals surface area contributed by atoms with Gasteiger partial charge in [-0.25, -0.2) is 9.59 Å². The molecule has 26 heavy (non-hydrogen) atoms. The van der Waals surface area contributed by atoms with Gasteiger partial charge in [0.15, 0.2) is 0 Å². The van der Waals surface area contributed by atoms with Gasteiger partial charge >= 0.3 is 12.1 Å². The van der Waals surface area contributed by atoms with E-state index in [2.05, 4.69) is 16.2 Å². The summed E-state index contributed by atoms with van der Waals surface area (Å²) >= 11 is 0. The molecule has 0 spiro atoms. The molecule has 0 aliphatic rings. The molecule has 0 radical (unpaired) electrons. The van der Waals surface area contributed by atoms with Crippen LogP contribution in [0.5, 0.6) is 0 Å². The normalized spacial score (nSPS) is 11.3. The predicted octanol–water partition coefficient (Wildman–Crippen LogP) is 2.73. The predicted molar refractivity (Wildman–Crippen MR) is 97.3 cm³/mol. The second-order valence-corrected chi connectivity index (χ2v) is 6.21. The molecule has 0 aliphatic heterocycles. The first kappa shape index (κ1) is 21.0. The lowest BCUT2D eigenvalue weighted by Gasteiger charge is -2.19. The second-order valence-electron chi connectivity index (χ2n) is 6.21. The van der Waals surface area contributed by atoms with Crippen molar-refractivity contribution in [2.24, 2.45) is 0 Å². The number of carbonyl (C=O) groups is 3. The summed E-state index contributed by atoms with van der Waals surface area (Å²) in [6, 6.07) is 6.20. The third kappa shape index (κ3) is 7.25. The standard InChI is InChI=1S/C18H25N3O5/c1-6-14(16(23)25-7-2)20-21-15(22)12-8-10-13(11-9-12)19-17(24)26-18(3,4)5/h6,8-11,20H,7H2,1-5H3,(H,19,24)(H,21,22)/b14-6-. The Morgan fingerprint density at radius 3 is 2.19 bits per heavy atom. The average molecular weight is 363 g/mol. The number of benzene rings is 1. The van der Waals surface area contributed by atoms with Crippen LogP contribution in [-0.4, -0.2) is 30.2 Å². The SMILES string of the molecule is C/C=C(\NNC(=O)c1ccc(NC(=O)OC(C)(C)C)cc1)C(=O)OCC. The maximum Gasteiger partial charge on any atom is 0.412 e. The van der Waals surface area contributed by atoms with E-state index in [4.69, 9.17) is 9.47 Å². The fourth-order valence-corrected chi connectivity index (χ4v) is 1.77. The molecule has 0 saturated heterocycles. The molecule has 0 aliphatic carbocycles. The zero-order valence-corrected chi connectivity index (χ0v) is 15.6. The average Bonchev–Trinajstić information content (AvgIpc) is 2.54. The number of amides is 2. The van der Waals surface area contributed by atoms with Crippen LogP contribution in [0.2, 0.25) is 0 Å². The van der Waals surface area contributed by atoms with E-state index in [0.29, 0.717) is 11.3 Å². The van der Waals surface area contributed by atoms with E-state index >= 15 is 0 Å². The highest BCUT2D eigenvalue weighted by Gasteiger charge is 2.16. The molecule has 8 nitrogen and oxygen atoms in total. The summed E-state index contributed by atoms with van der Waals surface area (Å²) < 4.78 is 10.00. The molecule has 0 aromatic heterocycles. The minimum atomic E-state index is -0.598. The smallest absolute Gasteiger partial charge is 0.412 e. The number of anilines is 1. The Bertz CT molecular complexity index is 675. The third-order valence-electron chi connectivity index (χ3n) is 2.89. The zero-order chi connectivity index (χ0) is 19.7. The minimum absolute atomic E-state index is 0.128. The van der Waals surface area contributed by atoms with Crippen molar-refractivity contribution in [1.82, 2.24) is 10.9 Å². The molecule has 0 saturated carbocycles. The van der Waals surface area contributed by atoms with Crippen LogP contribution >= 0.6 is 0 Å². The van der Waals surface area contributed by atoms with Crippen LogP contribution in [0.15, 0.2) is 36.0 Å². The summed E-state index contributed by atoms with van der Waals surface area (Å²) in [7, 11) is 0. The van der Waals surface area contributed by atoms with Gasteiger partial charge < -0.3 is 9.47 Å². The van der Waals surface area contributed by atoms with E-state index in [1.807, 2.05) is 0 Å². The van der Waals surface area contributed by atoms with Gasteiger partial charge in [-0.2, -0.15) is 0 Å². The molecule has 2 amide bonds. The highest BCUT2D eigenvalue weighted by Crippen LogP contribution is 2.13. The first-order valence-corrected chi connectivity index (χ1v) is 8.16. The van der Waals surface area contributed by atoms with Crippen molar-refractivity contribution in [2.45, 2.75) is 40.2 Å². The minimum Gasteiger partial charge on any atom is -0.461 e. The van der Waals surface area contributed by atoms with Crippen molar-refractivity contribution in [3.8, 4) is 0 Å². The van der Waals surface area contributed by atoms with Gasteiger partial charge in [0.2, 0.25) is 0 Å². The Kier molecular flexibility index (Phi) is 7.64. The number of rotatable bonds is 6. The molecule has 0 bridgehead atoms. The van der Waals surface area contributed by atoms with Gasteiger partial charge in [0.1, 0.15) is 11.3 Å². The third-order valence-corrected chi connectivity index (χ3v) is 2.89. The molecule has 1 aromatic rings. The van der Waals surface area contributed by atoms with Gasteiger partial charge in [0.05, 0.1) is 6.61 Å². The van der Waals surface area contributed by atoms with Crippen LogP contribution in [0.25, 0.3) is 0 Å². The van der Waals surface area contributed by atoms with Gasteiger partial charge in [0.25, 0.3) is 5.91 Å². The van der Waals surface area contributed by atoms with Crippen molar-refractivity contribution in [1.29, 1.82) is 0 Å². The molecule has 1 aromatic carbocycles. The van der Waals surface area contributed by atoms with E-state index in [0.717, 1.165) is 0 Å². The van der Waals surface area contributed by atoms with Crippen LogP contribution in [0.1, 0.15) is 45.0 Å². The molecule has 0 fully saturated rings. The van der Waals surface area contributed by atoms with Crippen molar-refractivity contribution in [2.75, 3.05) is 11.9 Å². The summed E-state index contributed by atoms with van der Waals surface area (Å²) in [5, 5.41) is 2.57. The molecular formula is C18H25N3O5. The number of esters is 1. The van der Waals surface area contributed by atoms with E-state index < -0.39 is 23.6 Å². The molecule has 0 atom stereocenters. The first-order chi connectivity index (χ1) is 12.2. The summed E-state index contributed by atoms with van der Waals surface area (Å²) in [6.07, 6.45) is 0.912. The molecule has 0 unspecified atom stereocenters. The highest BCUT2D eigenvalue weighted by atomic mass is 16.6. The lowest BCUT2D eigenvalue weighted by Crippen LogP contribution is -2.39. The Labute approximate surface area is 152 Å². The van der Waals surface area contributed by atoms with Crippen molar-refractivity contribution >= 4 is 23.7 Å². The molecule has 1 rings (SSSR count). The van der Waals surface area contributed by atoms with Gasteiger partial charge in [-0.3, -0.25) is 21.0 Å². The van der Waals surface area contributed by atoms with Gasteiger partial charge in [0, 0.05) is 11.3 Å². The number of allylic oxidation sites excluding steroid dienone is 1.